The summed E-state index contributed by atoms with van der Waals surface area (Å²) < 4.78 is 6.78. The van der Waals surface area contributed by atoms with Gasteiger partial charge in [0.25, 0.3) is 0 Å². The Kier molecular flexibility index (Phi) is 3.29. The lowest BCUT2D eigenvalue weighted by atomic mass is 10.1. The van der Waals surface area contributed by atoms with Crippen molar-refractivity contribution < 1.29 is 14.6 Å². The smallest absolute Gasteiger partial charge is 0.354 e. The van der Waals surface area contributed by atoms with Gasteiger partial charge in [0.2, 0.25) is 0 Å². The number of aromatic carboxylic acids is 1. The predicted molar refractivity (Wildman–Crippen MR) is 71.6 cm³/mol. The molecule has 2 rings (SSSR count). The van der Waals surface area contributed by atoms with E-state index in [1.165, 1.54) is 0 Å². The second-order valence-corrected chi connectivity index (χ2v) is 4.40. The van der Waals surface area contributed by atoms with E-state index in [0.29, 0.717) is 11.5 Å². The van der Waals surface area contributed by atoms with Gasteiger partial charge in [0.15, 0.2) is 5.69 Å². The van der Waals surface area contributed by atoms with E-state index in [2.05, 4.69) is 4.98 Å². The lowest BCUT2D eigenvalue weighted by molar-refractivity contribution is 0.0687. The number of hydrogen-bond donors (Lipinski definition) is 1. The first kappa shape index (κ1) is 13.1. The molecule has 0 spiro atoms. The molecular weight excluding hydrogens is 244 g/mol. The van der Waals surface area contributed by atoms with Gasteiger partial charge in [0, 0.05) is 12.6 Å². The molecule has 100 valence electrons. The summed E-state index contributed by atoms with van der Waals surface area (Å²) in [7, 11) is 3.31. The monoisotopic (exact) mass is 260 g/mol. The van der Waals surface area contributed by atoms with Crippen LogP contribution in [0.3, 0.4) is 0 Å². The lowest BCUT2D eigenvalue weighted by Gasteiger charge is -2.07. The Labute approximate surface area is 111 Å². The Hall–Kier alpha value is -2.30. The van der Waals surface area contributed by atoms with E-state index in [-0.39, 0.29) is 5.69 Å². The van der Waals surface area contributed by atoms with Crippen LogP contribution in [0.15, 0.2) is 18.2 Å². The average molecular weight is 260 g/mol. The topological polar surface area (TPSA) is 64.4 Å². The summed E-state index contributed by atoms with van der Waals surface area (Å²) in [5, 5.41) is 9.31. The molecule has 0 aliphatic rings. The van der Waals surface area contributed by atoms with Crippen molar-refractivity contribution in [3.63, 3.8) is 0 Å². The number of aryl methyl sites for hydroxylation is 2. The first-order valence-corrected chi connectivity index (χ1v) is 5.87. The van der Waals surface area contributed by atoms with Gasteiger partial charge in [-0.05, 0) is 37.6 Å². The number of ether oxygens (including phenoxy) is 1. The van der Waals surface area contributed by atoms with Gasteiger partial charge in [-0.1, -0.05) is 0 Å². The Morgan fingerprint density at radius 1 is 1.37 bits per heavy atom. The van der Waals surface area contributed by atoms with Gasteiger partial charge in [-0.25, -0.2) is 9.78 Å². The van der Waals surface area contributed by atoms with E-state index in [4.69, 9.17) is 4.74 Å². The normalized spacial score (nSPS) is 10.5. The molecule has 0 bridgehead atoms. The summed E-state index contributed by atoms with van der Waals surface area (Å²) in [5.41, 5.74) is 2.40. The van der Waals surface area contributed by atoms with Crippen LogP contribution >= 0.6 is 0 Å². The zero-order valence-corrected chi connectivity index (χ0v) is 11.4. The first-order valence-electron chi connectivity index (χ1n) is 5.87. The molecule has 0 saturated carbocycles. The number of carbonyl (C=O) groups is 1. The van der Waals surface area contributed by atoms with Crippen LogP contribution in [-0.4, -0.2) is 27.7 Å². The molecule has 5 heteroatoms. The molecule has 1 aromatic heterocycles. The Morgan fingerprint density at radius 3 is 2.58 bits per heavy atom. The van der Waals surface area contributed by atoms with Crippen molar-refractivity contribution in [3.05, 3.63) is 35.3 Å². The summed E-state index contributed by atoms with van der Waals surface area (Å²) in [6.45, 7) is 3.70. The van der Waals surface area contributed by atoms with E-state index < -0.39 is 5.97 Å². The first-order chi connectivity index (χ1) is 8.95. The number of carboxylic acid groups (broad SMARTS) is 1. The van der Waals surface area contributed by atoms with Crippen molar-refractivity contribution in [3.8, 4) is 17.0 Å². The zero-order chi connectivity index (χ0) is 14.2. The fourth-order valence-corrected chi connectivity index (χ4v) is 2.08. The highest BCUT2D eigenvalue weighted by Gasteiger charge is 2.20. The van der Waals surface area contributed by atoms with Crippen LogP contribution in [0, 0.1) is 13.8 Å². The highest BCUT2D eigenvalue weighted by Crippen LogP contribution is 2.28. The van der Waals surface area contributed by atoms with Gasteiger partial charge < -0.3 is 14.4 Å². The van der Waals surface area contributed by atoms with E-state index >= 15 is 0 Å². The molecule has 1 heterocycles. The average Bonchev–Trinajstić information content (AvgIpc) is 2.66. The number of nitrogens with zero attached hydrogens (tertiary/aromatic N) is 2. The number of methoxy groups -OCH3 is 1. The molecule has 0 unspecified atom stereocenters. The van der Waals surface area contributed by atoms with Gasteiger partial charge in [-0.3, -0.25) is 0 Å². The SMILES string of the molecule is COc1ccc(-c2nc(C)n(C)c2C(=O)O)cc1C. The van der Waals surface area contributed by atoms with Crippen LogP contribution in [0.4, 0.5) is 0 Å². The van der Waals surface area contributed by atoms with Gasteiger partial charge >= 0.3 is 5.97 Å². The third-order valence-corrected chi connectivity index (χ3v) is 3.19. The molecule has 0 fully saturated rings. The van der Waals surface area contributed by atoms with Gasteiger partial charge in [-0.15, -0.1) is 0 Å². The Balaban J connectivity index is 2.62. The van der Waals surface area contributed by atoms with Crippen LogP contribution < -0.4 is 4.74 Å². The third kappa shape index (κ3) is 2.19. The van der Waals surface area contributed by atoms with Crippen molar-refractivity contribution in [2.75, 3.05) is 7.11 Å². The Morgan fingerprint density at radius 2 is 2.05 bits per heavy atom. The highest BCUT2D eigenvalue weighted by molar-refractivity contribution is 5.93. The van der Waals surface area contributed by atoms with E-state index in [1.807, 2.05) is 25.1 Å². The molecule has 19 heavy (non-hydrogen) atoms. The van der Waals surface area contributed by atoms with Gasteiger partial charge in [0.1, 0.15) is 17.3 Å². The molecule has 5 nitrogen and oxygen atoms in total. The van der Waals surface area contributed by atoms with Crippen molar-refractivity contribution in [1.82, 2.24) is 9.55 Å². The van der Waals surface area contributed by atoms with Crippen LogP contribution in [0.25, 0.3) is 11.3 Å². The van der Waals surface area contributed by atoms with E-state index in [9.17, 15) is 9.90 Å². The van der Waals surface area contributed by atoms with Crippen LogP contribution in [0.5, 0.6) is 5.75 Å². The van der Waals surface area contributed by atoms with Crippen LogP contribution in [0.1, 0.15) is 21.9 Å². The van der Waals surface area contributed by atoms with Gasteiger partial charge in [0.05, 0.1) is 7.11 Å². The number of rotatable bonds is 3. The van der Waals surface area contributed by atoms with E-state index in [0.717, 1.165) is 16.9 Å². The molecule has 1 N–H and O–H groups in total. The number of imidazole rings is 1. The quantitative estimate of drug-likeness (QED) is 0.920. The number of carboxylic acids is 1. The number of aromatic nitrogens is 2. The summed E-state index contributed by atoms with van der Waals surface area (Å²) in [6, 6.07) is 5.52. The third-order valence-electron chi connectivity index (χ3n) is 3.19. The predicted octanol–water partition coefficient (Wildman–Crippen LogP) is 2.41. The molecule has 0 aliphatic heterocycles. The van der Waals surface area contributed by atoms with Crippen LogP contribution in [-0.2, 0) is 7.05 Å². The molecule has 2 aromatic rings. The van der Waals surface area contributed by atoms with Crippen molar-refractivity contribution >= 4 is 5.97 Å². The Bertz CT molecular complexity index is 644. The molecule has 0 radical (unpaired) electrons. The molecule has 0 atom stereocenters. The second kappa shape index (κ2) is 4.76. The van der Waals surface area contributed by atoms with Crippen molar-refractivity contribution in [2.45, 2.75) is 13.8 Å². The summed E-state index contributed by atoms with van der Waals surface area (Å²) in [4.78, 5) is 15.7. The van der Waals surface area contributed by atoms with Crippen molar-refractivity contribution in [1.29, 1.82) is 0 Å². The number of benzene rings is 1. The molecule has 1 aromatic carbocycles. The van der Waals surface area contributed by atoms with Gasteiger partial charge in [-0.2, -0.15) is 0 Å². The molecule has 0 saturated heterocycles. The maximum Gasteiger partial charge on any atom is 0.354 e. The van der Waals surface area contributed by atoms with Crippen molar-refractivity contribution in [2.24, 2.45) is 7.05 Å². The molecule has 0 amide bonds. The highest BCUT2D eigenvalue weighted by atomic mass is 16.5. The standard InChI is InChI=1S/C14H16N2O3/c1-8-7-10(5-6-11(8)19-4)12-13(14(17)18)16(3)9(2)15-12/h5-7H,1-4H3,(H,17,18). The zero-order valence-electron chi connectivity index (χ0n) is 11.4. The summed E-state index contributed by atoms with van der Waals surface area (Å²) in [6.07, 6.45) is 0. The fraction of sp³-hybridized carbons (Fsp3) is 0.286. The minimum absolute atomic E-state index is 0.196. The lowest BCUT2D eigenvalue weighted by Crippen LogP contribution is -2.06. The minimum Gasteiger partial charge on any atom is -0.496 e. The summed E-state index contributed by atoms with van der Waals surface area (Å²) in [5.74, 6) is 0.459. The second-order valence-electron chi connectivity index (χ2n) is 4.40. The number of hydrogen-bond acceptors (Lipinski definition) is 3. The maximum atomic E-state index is 11.4. The largest absolute Gasteiger partial charge is 0.496 e. The van der Waals surface area contributed by atoms with Crippen LogP contribution in [0.2, 0.25) is 0 Å². The molecule has 0 aliphatic carbocycles. The summed E-state index contributed by atoms with van der Waals surface area (Å²) >= 11 is 0. The molecular formula is C14H16N2O3. The fourth-order valence-electron chi connectivity index (χ4n) is 2.08. The van der Waals surface area contributed by atoms with E-state index in [1.54, 1.807) is 25.6 Å². The minimum atomic E-state index is -0.980. The maximum absolute atomic E-state index is 11.4.